The summed E-state index contributed by atoms with van der Waals surface area (Å²) in [7, 11) is 1.55. The first-order chi connectivity index (χ1) is 11.2. The summed E-state index contributed by atoms with van der Waals surface area (Å²) < 4.78 is 10.2. The molecule has 2 rings (SSSR count). The van der Waals surface area contributed by atoms with Gasteiger partial charge in [0, 0.05) is 19.5 Å². The van der Waals surface area contributed by atoms with Gasteiger partial charge < -0.3 is 14.4 Å². The van der Waals surface area contributed by atoms with Crippen molar-refractivity contribution in [1.82, 2.24) is 4.90 Å². The third-order valence-electron chi connectivity index (χ3n) is 3.84. The molecule has 1 aromatic rings. The second kappa shape index (κ2) is 8.18. The molecule has 1 atom stereocenters. The van der Waals surface area contributed by atoms with Gasteiger partial charge in [-0.05, 0) is 37.1 Å². The topological polar surface area (TPSA) is 79.6 Å². The van der Waals surface area contributed by atoms with Crippen molar-refractivity contribution < 1.29 is 19.1 Å². The number of likely N-dealkylation sites (tertiary alicyclic amines) is 1. The van der Waals surface area contributed by atoms with Gasteiger partial charge in [0.25, 0.3) is 0 Å². The Kier molecular flexibility index (Phi) is 5.98. The highest BCUT2D eigenvalue weighted by molar-refractivity contribution is 5.89. The summed E-state index contributed by atoms with van der Waals surface area (Å²) >= 11 is 0. The Bertz CT molecular complexity index is 586. The number of nitrogens with zero attached hydrogens (tertiary/aromatic N) is 2. The van der Waals surface area contributed by atoms with Crippen LogP contribution in [0, 0.1) is 17.2 Å². The van der Waals surface area contributed by atoms with E-state index >= 15 is 0 Å². The van der Waals surface area contributed by atoms with Gasteiger partial charge in [-0.25, -0.2) is 4.79 Å². The Morgan fingerprint density at radius 2 is 1.91 bits per heavy atom. The van der Waals surface area contributed by atoms with Gasteiger partial charge in [-0.2, -0.15) is 5.26 Å². The van der Waals surface area contributed by atoms with E-state index in [9.17, 15) is 9.59 Å². The van der Waals surface area contributed by atoms with Gasteiger partial charge in [0.1, 0.15) is 11.7 Å². The van der Waals surface area contributed by atoms with Gasteiger partial charge in [0.15, 0.2) is 0 Å². The van der Waals surface area contributed by atoms with Crippen LogP contribution in [-0.2, 0) is 9.53 Å². The quantitative estimate of drug-likeness (QED) is 0.750. The second-order valence-electron chi connectivity index (χ2n) is 5.37. The number of carbonyl (C=O) groups is 2. The number of hydrogen-bond acceptors (Lipinski definition) is 5. The van der Waals surface area contributed by atoms with Gasteiger partial charge in [-0.1, -0.05) is 0 Å². The lowest BCUT2D eigenvalue weighted by atomic mass is 10.1. The van der Waals surface area contributed by atoms with Gasteiger partial charge in [-0.3, -0.25) is 4.79 Å². The average Bonchev–Trinajstić information content (AvgIpc) is 3.12. The Morgan fingerprint density at radius 1 is 1.26 bits per heavy atom. The molecule has 1 aliphatic rings. The van der Waals surface area contributed by atoms with Crippen LogP contribution in [0.25, 0.3) is 0 Å². The van der Waals surface area contributed by atoms with Crippen LogP contribution in [0.3, 0.4) is 0 Å². The second-order valence-corrected chi connectivity index (χ2v) is 5.37. The zero-order valence-corrected chi connectivity index (χ0v) is 13.2. The van der Waals surface area contributed by atoms with Gasteiger partial charge in [0.05, 0.1) is 25.3 Å². The molecule has 23 heavy (non-hydrogen) atoms. The average molecular weight is 316 g/mol. The molecule has 0 N–H and O–H groups in total. The maximum atomic E-state index is 12.1. The minimum absolute atomic E-state index is 0.0443. The summed E-state index contributed by atoms with van der Waals surface area (Å²) in [5.74, 6) is -0.734. The van der Waals surface area contributed by atoms with E-state index in [0.29, 0.717) is 24.4 Å². The van der Waals surface area contributed by atoms with E-state index < -0.39 is 11.9 Å². The summed E-state index contributed by atoms with van der Waals surface area (Å²) in [5, 5.41) is 9.14. The highest BCUT2D eigenvalue weighted by Gasteiger charge is 2.26. The number of esters is 1. The van der Waals surface area contributed by atoms with Crippen molar-refractivity contribution in [3.05, 3.63) is 29.8 Å². The number of hydrogen-bond donors (Lipinski definition) is 0. The molecule has 6 heteroatoms. The molecule has 0 aromatic heterocycles. The molecule has 6 nitrogen and oxygen atoms in total. The fourth-order valence-electron chi connectivity index (χ4n) is 2.48. The van der Waals surface area contributed by atoms with Gasteiger partial charge in [-0.15, -0.1) is 0 Å². The molecule has 1 aromatic carbocycles. The first kappa shape index (κ1) is 16.8. The Labute approximate surface area is 135 Å². The molecule has 1 heterocycles. The van der Waals surface area contributed by atoms with Gasteiger partial charge >= 0.3 is 5.97 Å². The number of rotatable bonds is 6. The van der Waals surface area contributed by atoms with Crippen molar-refractivity contribution in [2.24, 2.45) is 5.92 Å². The SMILES string of the molecule is COc1ccc(C(=O)OCCC(C#N)C(=O)N2CCCC2)cc1. The van der Waals surface area contributed by atoms with Crippen molar-refractivity contribution in [1.29, 1.82) is 5.26 Å². The summed E-state index contributed by atoms with van der Waals surface area (Å²) in [4.78, 5) is 25.7. The highest BCUT2D eigenvalue weighted by atomic mass is 16.5. The van der Waals surface area contributed by atoms with Gasteiger partial charge in [0.2, 0.25) is 5.91 Å². The molecule has 0 aliphatic carbocycles. The summed E-state index contributed by atoms with van der Waals surface area (Å²) in [5.41, 5.74) is 0.408. The van der Waals surface area contributed by atoms with E-state index in [1.807, 2.05) is 6.07 Å². The number of benzene rings is 1. The van der Waals surface area contributed by atoms with Crippen molar-refractivity contribution in [2.75, 3.05) is 26.8 Å². The number of carbonyl (C=O) groups excluding carboxylic acids is 2. The monoisotopic (exact) mass is 316 g/mol. The summed E-state index contributed by atoms with van der Waals surface area (Å²) in [6.07, 6.45) is 2.18. The van der Waals surface area contributed by atoms with Crippen molar-refractivity contribution in [3.8, 4) is 11.8 Å². The van der Waals surface area contributed by atoms with Crippen molar-refractivity contribution >= 4 is 11.9 Å². The first-order valence-corrected chi connectivity index (χ1v) is 7.65. The molecule has 0 bridgehead atoms. The molecule has 122 valence electrons. The maximum Gasteiger partial charge on any atom is 0.338 e. The lowest BCUT2D eigenvalue weighted by Crippen LogP contribution is -2.33. The number of amides is 1. The Hall–Kier alpha value is -2.55. The van der Waals surface area contributed by atoms with Crippen molar-refractivity contribution in [3.63, 3.8) is 0 Å². The number of ether oxygens (including phenoxy) is 2. The molecule has 1 fully saturated rings. The van der Waals surface area contributed by atoms with Crippen LogP contribution in [0.4, 0.5) is 0 Å². The molecule has 1 aliphatic heterocycles. The van der Waals surface area contributed by atoms with E-state index in [-0.39, 0.29) is 18.9 Å². The van der Waals surface area contributed by atoms with Crippen LogP contribution in [0.2, 0.25) is 0 Å². The fourth-order valence-corrected chi connectivity index (χ4v) is 2.48. The summed E-state index contributed by atoms with van der Waals surface area (Å²) in [6.45, 7) is 1.47. The lowest BCUT2D eigenvalue weighted by molar-refractivity contribution is -0.133. The maximum absolute atomic E-state index is 12.1. The smallest absolute Gasteiger partial charge is 0.338 e. The van der Waals surface area contributed by atoms with Crippen LogP contribution in [0.1, 0.15) is 29.6 Å². The normalized spacial score (nSPS) is 14.9. The highest BCUT2D eigenvalue weighted by Crippen LogP contribution is 2.15. The molecule has 0 saturated carbocycles. The predicted molar refractivity (Wildman–Crippen MR) is 82.8 cm³/mol. The van der Waals surface area contributed by atoms with E-state index in [4.69, 9.17) is 14.7 Å². The standard InChI is InChI=1S/C17H20N2O4/c1-22-15-6-4-13(5-7-15)17(21)23-11-8-14(12-18)16(20)19-9-2-3-10-19/h4-7,14H,2-3,8-11H2,1H3. The fraction of sp³-hybridized carbons (Fsp3) is 0.471. The van der Waals surface area contributed by atoms with E-state index in [1.165, 1.54) is 0 Å². The molecule has 1 unspecified atom stereocenters. The van der Waals surface area contributed by atoms with Crippen LogP contribution in [-0.4, -0.2) is 43.6 Å². The third-order valence-corrected chi connectivity index (χ3v) is 3.84. The number of methoxy groups -OCH3 is 1. The third kappa shape index (κ3) is 4.46. The minimum Gasteiger partial charge on any atom is -0.497 e. The molecule has 1 amide bonds. The molecule has 1 saturated heterocycles. The zero-order valence-electron chi connectivity index (χ0n) is 13.2. The summed E-state index contributed by atoms with van der Waals surface area (Å²) in [6, 6.07) is 8.57. The van der Waals surface area contributed by atoms with Crippen LogP contribution in [0.15, 0.2) is 24.3 Å². The number of nitriles is 1. The van der Waals surface area contributed by atoms with Crippen LogP contribution < -0.4 is 4.74 Å². The largest absolute Gasteiger partial charge is 0.497 e. The molecule has 0 radical (unpaired) electrons. The Balaban J connectivity index is 1.81. The Morgan fingerprint density at radius 3 is 2.48 bits per heavy atom. The van der Waals surface area contributed by atoms with Crippen molar-refractivity contribution in [2.45, 2.75) is 19.3 Å². The minimum atomic E-state index is -0.753. The zero-order chi connectivity index (χ0) is 16.7. The molecule has 0 spiro atoms. The van der Waals surface area contributed by atoms with Crippen LogP contribution in [0.5, 0.6) is 5.75 Å². The molecular formula is C17H20N2O4. The molecular weight excluding hydrogens is 296 g/mol. The lowest BCUT2D eigenvalue weighted by Gasteiger charge is -2.18. The van der Waals surface area contributed by atoms with E-state index in [2.05, 4.69) is 0 Å². The predicted octanol–water partition coefficient (Wildman–Crippen LogP) is 2.00. The van der Waals surface area contributed by atoms with Crippen LogP contribution >= 0.6 is 0 Å². The van der Waals surface area contributed by atoms with E-state index in [1.54, 1.807) is 36.3 Å². The van der Waals surface area contributed by atoms with E-state index in [0.717, 1.165) is 12.8 Å². The first-order valence-electron chi connectivity index (χ1n) is 7.65.